The molecule has 0 saturated carbocycles. The highest BCUT2D eigenvalue weighted by molar-refractivity contribution is 7.86. The number of fused-ring (bicyclic) bond motifs is 1. The third-order valence-electron chi connectivity index (χ3n) is 10.6. The van der Waals surface area contributed by atoms with Gasteiger partial charge in [-0.2, -0.15) is 16.8 Å². The molecule has 2 aromatic rings. The second-order valence-corrected chi connectivity index (χ2v) is 17.6. The Balaban J connectivity index is 1.77. The number of nitrogens with one attached hydrogen (secondary N) is 1. The van der Waals surface area contributed by atoms with E-state index < -0.39 is 31.1 Å². The maximum atomic E-state index is 12.1. The van der Waals surface area contributed by atoms with Crippen molar-refractivity contribution in [3.8, 4) is 0 Å². The second kappa shape index (κ2) is 16.4. The minimum absolute atomic E-state index is 0.0990. The van der Waals surface area contributed by atoms with E-state index in [0.717, 1.165) is 83.2 Å². The summed E-state index contributed by atoms with van der Waals surface area (Å²) in [5.74, 6) is 0.109. The molecule has 0 heterocycles. The van der Waals surface area contributed by atoms with Crippen molar-refractivity contribution in [3.05, 3.63) is 128 Å². The Kier molecular flexibility index (Phi) is 12.9. The summed E-state index contributed by atoms with van der Waals surface area (Å²) in [5.41, 5.74) is 16.5. The van der Waals surface area contributed by atoms with Crippen LogP contribution in [0.2, 0.25) is 0 Å². The first-order valence-electron chi connectivity index (χ1n) is 17.8. The van der Waals surface area contributed by atoms with Crippen molar-refractivity contribution in [2.75, 3.05) is 13.1 Å². The summed E-state index contributed by atoms with van der Waals surface area (Å²) in [6, 6.07) is 9.56. The van der Waals surface area contributed by atoms with Crippen LogP contribution in [0.1, 0.15) is 108 Å². The summed E-state index contributed by atoms with van der Waals surface area (Å²) in [6.07, 6.45) is 14.6. The van der Waals surface area contributed by atoms with Gasteiger partial charge in [0.25, 0.3) is 20.2 Å². The van der Waals surface area contributed by atoms with E-state index in [9.17, 15) is 25.9 Å². The molecule has 52 heavy (non-hydrogen) atoms. The number of hydrogen-bond acceptors (Lipinski definition) is 6. The molecular weight excluding hydrogens is 697 g/mol. The lowest BCUT2D eigenvalue weighted by Crippen LogP contribution is -2.22. The fourth-order valence-electron chi connectivity index (χ4n) is 7.44. The highest BCUT2D eigenvalue weighted by Crippen LogP contribution is 2.52. The van der Waals surface area contributed by atoms with Gasteiger partial charge >= 0.3 is 0 Å². The zero-order valence-corrected chi connectivity index (χ0v) is 32.7. The van der Waals surface area contributed by atoms with Crippen LogP contribution in [0.3, 0.4) is 0 Å². The van der Waals surface area contributed by atoms with Crippen LogP contribution in [0.4, 0.5) is 0 Å². The predicted molar refractivity (Wildman–Crippen MR) is 208 cm³/mol. The zero-order chi connectivity index (χ0) is 38.5. The molecule has 0 aliphatic heterocycles. The van der Waals surface area contributed by atoms with Gasteiger partial charge < -0.3 is 5.32 Å². The minimum Gasteiger partial charge on any atom is -0.385 e. The molecule has 3 N–H and O–H groups in total. The predicted octanol–water partition coefficient (Wildman–Crippen LogP) is 9.72. The maximum Gasteiger partial charge on any atom is 0.294 e. The summed E-state index contributed by atoms with van der Waals surface area (Å²) in [4.78, 5) is 2.62. The van der Waals surface area contributed by atoms with Crippen LogP contribution in [-0.2, 0) is 31.1 Å². The normalized spacial score (nSPS) is 19.3. The quantitative estimate of drug-likeness (QED) is 0.0407. The van der Waals surface area contributed by atoms with E-state index in [1.807, 2.05) is 32.9 Å². The lowest BCUT2D eigenvalue weighted by atomic mass is 9.76. The van der Waals surface area contributed by atoms with Crippen molar-refractivity contribution in [2.24, 2.45) is 5.11 Å². The first kappa shape index (κ1) is 40.8. The van der Waals surface area contributed by atoms with Gasteiger partial charge in [-0.05, 0) is 108 Å². The van der Waals surface area contributed by atoms with Crippen LogP contribution in [-0.4, -0.2) is 39.0 Å². The maximum absolute atomic E-state index is 12.1. The minimum atomic E-state index is -4.37. The Morgan fingerprint density at radius 2 is 1.73 bits per heavy atom. The Hall–Kier alpha value is -3.93. The fraction of sp³-hybridized carbons (Fsp3) is 0.450. The van der Waals surface area contributed by atoms with Gasteiger partial charge in [0, 0.05) is 40.4 Å². The van der Waals surface area contributed by atoms with Crippen molar-refractivity contribution < 1.29 is 25.9 Å². The number of benzene rings is 2. The summed E-state index contributed by atoms with van der Waals surface area (Å²) >= 11 is 0. The van der Waals surface area contributed by atoms with E-state index >= 15 is 0 Å². The van der Waals surface area contributed by atoms with Crippen LogP contribution in [0.15, 0.2) is 110 Å². The summed E-state index contributed by atoms with van der Waals surface area (Å²) in [7, 11) is -8.72. The number of rotatable bonds is 15. The number of nitrogens with zero attached hydrogens (tertiary/aromatic N) is 3. The van der Waals surface area contributed by atoms with Crippen molar-refractivity contribution in [2.45, 2.75) is 113 Å². The summed E-state index contributed by atoms with van der Waals surface area (Å²) in [5, 5.41) is 7.30. The van der Waals surface area contributed by atoms with E-state index in [2.05, 4.69) is 60.9 Å². The topological polar surface area (TPSA) is 170 Å². The van der Waals surface area contributed by atoms with Crippen molar-refractivity contribution in [1.82, 2.24) is 5.32 Å². The molecule has 2 aliphatic carbocycles. The Labute approximate surface area is 309 Å². The molecule has 0 saturated heterocycles. The summed E-state index contributed by atoms with van der Waals surface area (Å²) in [6.45, 7) is 17.6. The van der Waals surface area contributed by atoms with Gasteiger partial charge in [0.05, 0.1) is 9.79 Å². The molecule has 0 aromatic heterocycles. The van der Waals surface area contributed by atoms with Gasteiger partial charge in [0.15, 0.2) is 0 Å². The van der Waals surface area contributed by atoms with E-state index in [0.29, 0.717) is 19.5 Å². The average molecular weight is 749 g/mol. The van der Waals surface area contributed by atoms with E-state index in [-0.39, 0.29) is 15.7 Å². The molecule has 4 rings (SSSR count). The standard InChI is InChI=1S/C40H52N4O6S2/c1-8-9-14-33-34-21-20-32(52(48,49)50)26-37(34)40(6,7)35(33)22-18-30-13-10-12-29(38(30)42-23-11-24-43-44-41)17-16-28(3)39(4,5)36-25-31(51(45,46)47)19-15-27(36)2/h15-22,25-26,33,42H,3,8-14,23-24H2,1-2,4-7H3,(H,45,46,47)(H,48,49,50)/b17-16+,30-18+,35-22-. The van der Waals surface area contributed by atoms with Gasteiger partial charge in [0.1, 0.15) is 0 Å². The monoisotopic (exact) mass is 748 g/mol. The molecule has 0 bridgehead atoms. The Bertz CT molecular complexity index is 2100. The van der Waals surface area contributed by atoms with Gasteiger partial charge in [0.2, 0.25) is 0 Å². The molecule has 2 aromatic carbocycles. The van der Waals surface area contributed by atoms with Gasteiger partial charge in [-0.15, -0.1) is 0 Å². The van der Waals surface area contributed by atoms with Crippen LogP contribution >= 0.6 is 0 Å². The fourth-order valence-corrected chi connectivity index (χ4v) is 8.46. The number of unbranched alkanes of at least 4 members (excludes halogenated alkanes) is 1. The number of allylic oxidation sites excluding steroid dienone is 8. The Morgan fingerprint density at radius 3 is 2.38 bits per heavy atom. The van der Waals surface area contributed by atoms with Gasteiger partial charge in [-0.1, -0.05) is 101 Å². The Morgan fingerprint density at radius 1 is 1.06 bits per heavy atom. The van der Waals surface area contributed by atoms with E-state index in [4.69, 9.17) is 5.53 Å². The lowest BCUT2D eigenvalue weighted by molar-refractivity contribution is 0.480. The summed E-state index contributed by atoms with van der Waals surface area (Å²) < 4.78 is 67.5. The SMILES string of the molecule is C=C(/C=C/C1=C(NCCCN=[N+]=[N-])C(=C/C=C2/C(CCCC)c3ccc(S(=O)(=O)O)cc3C2(C)C)/CCC1)C(C)(C)c1cc(S(=O)(=O)O)ccc1C. The van der Waals surface area contributed by atoms with E-state index in [1.54, 1.807) is 12.1 Å². The molecule has 1 unspecified atom stereocenters. The molecule has 12 heteroatoms. The first-order chi connectivity index (χ1) is 24.3. The van der Waals surface area contributed by atoms with Crippen LogP contribution in [0.5, 0.6) is 0 Å². The smallest absolute Gasteiger partial charge is 0.294 e. The molecule has 0 radical (unpaired) electrons. The highest BCUT2D eigenvalue weighted by Gasteiger charge is 2.41. The molecule has 280 valence electrons. The van der Waals surface area contributed by atoms with Crippen molar-refractivity contribution in [3.63, 3.8) is 0 Å². The lowest BCUT2D eigenvalue weighted by Gasteiger charge is -2.29. The molecule has 1 atom stereocenters. The molecule has 0 spiro atoms. The third kappa shape index (κ3) is 9.16. The molecule has 10 nitrogen and oxygen atoms in total. The van der Waals surface area contributed by atoms with Crippen LogP contribution in [0, 0.1) is 6.92 Å². The van der Waals surface area contributed by atoms with Crippen LogP contribution < -0.4 is 5.32 Å². The second-order valence-electron chi connectivity index (χ2n) is 14.8. The zero-order valence-electron chi connectivity index (χ0n) is 31.1. The largest absolute Gasteiger partial charge is 0.385 e. The number of hydrogen-bond donors (Lipinski definition) is 3. The number of aryl methyl sites for hydroxylation is 1. The van der Waals surface area contributed by atoms with Gasteiger partial charge in [-0.25, -0.2) is 0 Å². The van der Waals surface area contributed by atoms with Crippen LogP contribution in [0.25, 0.3) is 10.4 Å². The van der Waals surface area contributed by atoms with E-state index in [1.165, 1.54) is 23.8 Å². The molecular formula is C40H52N4O6S2. The van der Waals surface area contributed by atoms with Crippen molar-refractivity contribution in [1.29, 1.82) is 0 Å². The van der Waals surface area contributed by atoms with Gasteiger partial charge in [-0.3, -0.25) is 9.11 Å². The molecule has 2 aliphatic rings. The van der Waals surface area contributed by atoms with Crippen molar-refractivity contribution >= 4 is 20.2 Å². The third-order valence-corrected chi connectivity index (χ3v) is 12.3. The molecule has 0 fully saturated rings. The highest BCUT2D eigenvalue weighted by atomic mass is 32.2. The molecule has 0 amide bonds. The average Bonchev–Trinajstić information content (AvgIpc) is 3.29. The first-order valence-corrected chi connectivity index (χ1v) is 20.7. The number of azide groups is 1.